The van der Waals surface area contributed by atoms with Crippen molar-refractivity contribution in [3.8, 4) is 0 Å². The van der Waals surface area contributed by atoms with Crippen molar-refractivity contribution in [2.45, 2.75) is 44.2 Å². The number of aliphatic carboxylic acids is 1. The first-order valence-corrected chi connectivity index (χ1v) is 7.56. The highest BCUT2D eigenvalue weighted by Crippen LogP contribution is 2.23. The van der Waals surface area contributed by atoms with Crippen molar-refractivity contribution in [3.05, 3.63) is 0 Å². The van der Waals surface area contributed by atoms with Gasteiger partial charge in [-0.2, -0.15) is 0 Å². The highest BCUT2D eigenvalue weighted by molar-refractivity contribution is 5.86. The molecule has 0 saturated carbocycles. The molecule has 0 aromatic carbocycles. The maximum atomic E-state index is 12.0. The smallest absolute Gasteiger partial charge is 0.329 e. The van der Waals surface area contributed by atoms with E-state index >= 15 is 0 Å². The Morgan fingerprint density at radius 3 is 2.62 bits per heavy atom. The van der Waals surface area contributed by atoms with Gasteiger partial charge >= 0.3 is 12.0 Å². The number of rotatable bonds is 5. The van der Waals surface area contributed by atoms with Gasteiger partial charge in [0.25, 0.3) is 0 Å². The SMILES string of the molecule is CCC1OCCC1CNC(=O)NC1(C(=O)O)CCOCC1. The average Bonchev–Trinajstić information content (AvgIpc) is 2.93. The molecule has 2 amide bonds. The Morgan fingerprint density at radius 2 is 2.00 bits per heavy atom. The standard InChI is InChI=1S/C14H24N2O5/c1-2-11-10(3-6-21-11)9-15-13(19)16-14(12(17)18)4-7-20-8-5-14/h10-11H,2-9H2,1H3,(H,17,18)(H2,15,16,19). The molecule has 2 aliphatic rings. The van der Waals surface area contributed by atoms with E-state index < -0.39 is 17.5 Å². The zero-order valence-corrected chi connectivity index (χ0v) is 12.4. The Labute approximate surface area is 124 Å². The lowest BCUT2D eigenvalue weighted by Gasteiger charge is -2.34. The van der Waals surface area contributed by atoms with E-state index in [0.717, 1.165) is 19.4 Å². The third-order valence-electron chi connectivity index (χ3n) is 4.38. The van der Waals surface area contributed by atoms with Crippen LogP contribution in [0.25, 0.3) is 0 Å². The predicted octanol–water partition coefficient (Wildman–Crippen LogP) is 0.735. The number of carboxylic acid groups (broad SMARTS) is 1. The Bertz CT molecular complexity index is 382. The number of carbonyl (C=O) groups excluding carboxylic acids is 1. The Hall–Kier alpha value is -1.34. The van der Waals surface area contributed by atoms with Crippen molar-refractivity contribution in [2.24, 2.45) is 5.92 Å². The number of hydrogen-bond donors (Lipinski definition) is 3. The molecule has 2 unspecified atom stereocenters. The molecule has 21 heavy (non-hydrogen) atoms. The summed E-state index contributed by atoms with van der Waals surface area (Å²) in [6, 6.07) is -0.430. The van der Waals surface area contributed by atoms with E-state index in [9.17, 15) is 14.7 Å². The van der Waals surface area contributed by atoms with E-state index in [1.54, 1.807) is 0 Å². The van der Waals surface area contributed by atoms with Crippen LogP contribution in [-0.4, -0.2) is 55.1 Å². The molecule has 2 rings (SSSR count). The fourth-order valence-electron chi connectivity index (χ4n) is 2.97. The molecule has 7 nitrogen and oxygen atoms in total. The van der Waals surface area contributed by atoms with Gasteiger partial charge in [0.05, 0.1) is 6.10 Å². The number of carbonyl (C=O) groups is 2. The number of urea groups is 1. The van der Waals surface area contributed by atoms with Crippen molar-refractivity contribution in [1.82, 2.24) is 10.6 Å². The summed E-state index contributed by atoms with van der Waals surface area (Å²) in [5.41, 5.74) is -1.21. The monoisotopic (exact) mass is 300 g/mol. The molecule has 0 radical (unpaired) electrons. The third kappa shape index (κ3) is 3.85. The molecule has 2 saturated heterocycles. The maximum absolute atomic E-state index is 12.0. The molecule has 0 spiro atoms. The van der Waals surface area contributed by atoms with Crippen LogP contribution in [0.3, 0.4) is 0 Å². The van der Waals surface area contributed by atoms with Gasteiger partial charge in [-0.3, -0.25) is 0 Å². The zero-order valence-electron chi connectivity index (χ0n) is 12.4. The summed E-state index contributed by atoms with van der Waals surface area (Å²) in [6.45, 7) is 3.99. The number of hydrogen-bond acceptors (Lipinski definition) is 4. The van der Waals surface area contributed by atoms with Gasteiger partial charge in [0.1, 0.15) is 5.54 Å². The van der Waals surface area contributed by atoms with Gasteiger partial charge in [-0.1, -0.05) is 6.92 Å². The topological polar surface area (TPSA) is 96.9 Å². The van der Waals surface area contributed by atoms with E-state index in [0.29, 0.717) is 38.5 Å². The summed E-state index contributed by atoms with van der Waals surface area (Å²) in [6.07, 6.45) is 2.61. The van der Waals surface area contributed by atoms with Gasteiger partial charge in [-0.25, -0.2) is 9.59 Å². The van der Waals surface area contributed by atoms with Gasteiger partial charge in [0, 0.05) is 45.1 Å². The van der Waals surface area contributed by atoms with Crippen molar-refractivity contribution >= 4 is 12.0 Å². The van der Waals surface area contributed by atoms with Gasteiger partial charge < -0.3 is 25.2 Å². The minimum Gasteiger partial charge on any atom is -0.480 e. The zero-order chi connectivity index (χ0) is 15.3. The molecule has 0 bridgehead atoms. The molecule has 120 valence electrons. The lowest BCUT2D eigenvalue weighted by atomic mass is 9.90. The molecule has 2 fully saturated rings. The largest absolute Gasteiger partial charge is 0.480 e. The van der Waals surface area contributed by atoms with Crippen molar-refractivity contribution < 1.29 is 24.2 Å². The number of nitrogens with one attached hydrogen (secondary N) is 2. The van der Waals surface area contributed by atoms with Gasteiger partial charge in [0.2, 0.25) is 0 Å². The first kappa shape index (κ1) is 16.0. The second-order valence-electron chi connectivity index (χ2n) is 5.70. The van der Waals surface area contributed by atoms with Crippen LogP contribution in [0, 0.1) is 5.92 Å². The first-order valence-electron chi connectivity index (χ1n) is 7.56. The maximum Gasteiger partial charge on any atom is 0.329 e. The molecule has 0 aliphatic carbocycles. The van der Waals surface area contributed by atoms with Gasteiger partial charge in [-0.05, 0) is 12.8 Å². The highest BCUT2D eigenvalue weighted by atomic mass is 16.5. The molecule has 7 heteroatoms. The Balaban J connectivity index is 1.84. The molecular formula is C14H24N2O5. The predicted molar refractivity (Wildman–Crippen MR) is 75.1 cm³/mol. The highest BCUT2D eigenvalue weighted by Gasteiger charge is 2.41. The summed E-state index contributed by atoms with van der Waals surface area (Å²) in [4.78, 5) is 23.5. The average molecular weight is 300 g/mol. The van der Waals surface area contributed by atoms with Crippen molar-refractivity contribution in [3.63, 3.8) is 0 Å². The molecule has 2 atom stereocenters. The number of amides is 2. The minimum absolute atomic E-state index is 0.182. The lowest BCUT2D eigenvalue weighted by molar-refractivity contribution is -0.148. The van der Waals surface area contributed by atoms with E-state index in [4.69, 9.17) is 9.47 Å². The quantitative estimate of drug-likeness (QED) is 0.695. The van der Waals surface area contributed by atoms with Crippen LogP contribution in [0.5, 0.6) is 0 Å². The van der Waals surface area contributed by atoms with Crippen molar-refractivity contribution in [1.29, 1.82) is 0 Å². The second kappa shape index (κ2) is 7.09. The summed E-state index contributed by atoms with van der Waals surface area (Å²) in [5, 5.41) is 14.8. The van der Waals surface area contributed by atoms with E-state index in [-0.39, 0.29) is 6.10 Å². The van der Waals surface area contributed by atoms with Crippen LogP contribution in [0.15, 0.2) is 0 Å². The van der Waals surface area contributed by atoms with E-state index in [1.807, 2.05) is 0 Å². The van der Waals surface area contributed by atoms with Crippen LogP contribution < -0.4 is 10.6 Å². The summed E-state index contributed by atoms with van der Waals surface area (Å²) in [7, 11) is 0. The molecule has 0 aromatic rings. The van der Waals surface area contributed by atoms with Crippen LogP contribution >= 0.6 is 0 Å². The van der Waals surface area contributed by atoms with Crippen molar-refractivity contribution in [2.75, 3.05) is 26.4 Å². The minimum atomic E-state index is -1.21. The third-order valence-corrected chi connectivity index (χ3v) is 4.38. The summed E-state index contributed by atoms with van der Waals surface area (Å²) in [5.74, 6) is -0.701. The van der Waals surface area contributed by atoms with Gasteiger partial charge in [0.15, 0.2) is 0 Å². The fourth-order valence-corrected chi connectivity index (χ4v) is 2.97. The van der Waals surface area contributed by atoms with E-state index in [1.165, 1.54) is 0 Å². The number of carboxylic acids is 1. The van der Waals surface area contributed by atoms with Crippen LogP contribution in [0.2, 0.25) is 0 Å². The molecule has 2 heterocycles. The molecule has 3 N–H and O–H groups in total. The fraction of sp³-hybridized carbons (Fsp3) is 0.857. The summed E-state index contributed by atoms with van der Waals surface area (Å²) < 4.78 is 10.7. The number of ether oxygens (including phenoxy) is 2. The van der Waals surface area contributed by atoms with Crippen LogP contribution in [-0.2, 0) is 14.3 Å². The van der Waals surface area contributed by atoms with Crippen LogP contribution in [0.1, 0.15) is 32.6 Å². The Kier molecular flexibility index (Phi) is 5.41. The van der Waals surface area contributed by atoms with Gasteiger partial charge in [-0.15, -0.1) is 0 Å². The molecule has 2 aliphatic heterocycles. The van der Waals surface area contributed by atoms with Crippen LogP contribution in [0.4, 0.5) is 4.79 Å². The van der Waals surface area contributed by atoms with E-state index in [2.05, 4.69) is 17.6 Å². The lowest BCUT2D eigenvalue weighted by Crippen LogP contribution is -2.60. The molecule has 0 aromatic heterocycles. The second-order valence-corrected chi connectivity index (χ2v) is 5.70. The first-order chi connectivity index (χ1) is 10.1. The normalized spacial score (nSPS) is 28.0. The Morgan fingerprint density at radius 1 is 1.29 bits per heavy atom. The summed E-state index contributed by atoms with van der Waals surface area (Å²) >= 11 is 0. The molecular weight excluding hydrogens is 276 g/mol.